The number of hydrogen-bond donors (Lipinski definition) is 6. The van der Waals surface area contributed by atoms with Crippen molar-refractivity contribution in [1.82, 2.24) is 5.32 Å². The van der Waals surface area contributed by atoms with Crippen LogP contribution in [0.3, 0.4) is 0 Å². The Morgan fingerprint density at radius 3 is 1.27 bits per heavy atom. The molecule has 0 aromatic rings. The van der Waals surface area contributed by atoms with Gasteiger partial charge < -0.3 is 35.2 Å². The number of amides is 1. The maximum atomic E-state index is 13.1. The van der Waals surface area contributed by atoms with Gasteiger partial charge in [-0.05, 0) is 51.4 Å². The Balaban J connectivity index is 2.15. The van der Waals surface area contributed by atoms with E-state index < -0.39 is 59.9 Å². The monoisotopic (exact) mass is 1080 g/mol. The molecular weight excluding hydrogens is 967 g/mol. The fourth-order valence-corrected chi connectivity index (χ4v) is 10.6. The van der Waals surface area contributed by atoms with Crippen LogP contribution in [0.1, 0.15) is 296 Å². The third-order valence-corrected chi connectivity index (χ3v) is 15.4. The van der Waals surface area contributed by atoms with Gasteiger partial charge in [0.1, 0.15) is 24.4 Å². The van der Waals surface area contributed by atoms with Gasteiger partial charge in [-0.25, -0.2) is 4.18 Å². The highest BCUT2D eigenvalue weighted by Gasteiger charge is 2.48. The van der Waals surface area contributed by atoms with E-state index in [0.29, 0.717) is 6.42 Å². The number of allylic oxidation sites excluding steroid dienone is 5. The Kier molecular flexibility index (Phi) is 49.2. The molecule has 1 heterocycles. The lowest BCUT2D eigenvalue weighted by Gasteiger charge is -2.41. The molecule has 1 saturated heterocycles. The molecule has 75 heavy (non-hydrogen) atoms. The number of rotatable bonds is 55. The Bertz CT molecular complexity index is 1460. The molecule has 0 aromatic heterocycles. The summed E-state index contributed by atoms with van der Waals surface area (Å²) in [4.78, 5) is 13.1. The predicted molar refractivity (Wildman–Crippen MR) is 310 cm³/mol. The van der Waals surface area contributed by atoms with Crippen molar-refractivity contribution in [3.63, 3.8) is 0 Å². The summed E-state index contributed by atoms with van der Waals surface area (Å²) in [6.45, 7) is 3.40. The molecule has 13 heteroatoms. The number of carbonyl (C=O) groups excluding carboxylic acids is 1. The van der Waals surface area contributed by atoms with Crippen LogP contribution < -0.4 is 5.32 Å². The Hall–Kier alpha value is -1.68. The van der Waals surface area contributed by atoms with Gasteiger partial charge in [0.25, 0.3) is 0 Å². The summed E-state index contributed by atoms with van der Waals surface area (Å²) in [5.41, 5.74) is 0. The second-order valence-electron chi connectivity index (χ2n) is 22.0. The average Bonchev–Trinajstić information content (AvgIpc) is 3.39. The van der Waals surface area contributed by atoms with Crippen molar-refractivity contribution in [1.29, 1.82) is 0 Å². The molecule has 0 saturated carbocycles. The molecule has 1 rings (SSSR count). The van der Waals surface area contributed by atoms with Gasteiger partial charge in [0, 0.05) is 6.42 Å². The average molecular weight is 1080 g/mol. The highest BCUT2D eigenvalue weighted by Crippen LogP contribution is 2.26. The minimum Gasteiger partial charge on any atom is -0.394 e. The van der Waals surface area contributed by atoms with Crippen molar-refractivity contribution < 1.29 is 51.8 Å². The number of unbranched alkanes of at least 4 members (excludes halogenated alkanes) is 39. The van der Waals surface area contributed by atoms with E-state index in [2.05, 4.69) is 47.7 Å². The molecule has 12 nitrogen and oxygen atoms in total. The summed E-state index contributed by atoms with van der Waals surface area (Å²) in [7, 11) is -5.09. The van der Waals surface area contributed by atoms with Crippen molar-refractivity contribution in [3.05, 3.63) is 36.5 Å². The molecule has 0 radical (unpaired) electrons. The zero-order valence-corrected chi connectivity index (χ0v) is 48.9. The summed E-state index contributed by atoms with van der Waals surface area (Å²) in [5, 5.41) is 44.8. The highest BCUT2D eigenvalue weighted by molar-refractivity contribution is 7.80. The SMILES string of the molecule is CCCCCCCCCCC/C=C/C(O)C(COC1OC(CO)C(O)C(OS(=O)(=O)O)C1O)NC(=O)CCCCCCCCCCCCCCCCCCC/C=C\C/C=C\CCCCCCCCCCCCCCC. The molecule has 0 aliphatic carbocycles. The third-order valence-electron chi connectivity index (χ3n) is 14.9. The molecule has 1 aliphatic rings. The second-order valence-corrected chi connectivity index (χ2v) is 23.0. The van der Waals surface area contributed by atoms with Gasteiger partial charge in [0.2, 0.25) is 5.91 Å². The predicted octanol–water partition coefficient (Wildman–Crippen LogP) is 15.3. The zero-order chi connectivity index (χ0) is 54.7. The lowest BCUT2D eigenvalue weighted by Crippen LogP contribution is -2.61. The van der Waals surface area contributed by atoms with Crippen LogP contribution in [0.15, 0.2) is 36.5 Å². The van der Waals surface area contributed by atoms with Gasteiger partial charge in [-0.3, -0.25) is 9.35 Å². The number of aliphatic hydroxyl groups excluding tert-OH is 4. The van der Waals surface area contributed by atoms with Crippen LogP contribution in [-0.4, -0.2) is 95.4 Å². The Morgan fingerprint density at radius 1 is 0.533 bits per heavy atom. The molecule has 0 spiro atoms. The number of ether oxygens (including phenoxy) is 2. The third kappa shape index (κ3) is 43.8. The lowest BCUT2D eigenvalue weighted by molar-refractivity contribution is -0.298. The van der Waals surface area contributed by atoms with E-state index in [-0.39, 0.29) is 18.9 Å². The van der Waals surface area contributed by atoms with E-state index in [1.54, 1.807) is 6.08 Å². The number of nitrogens with one attached hydrogen (secondary N) is 1. The van der Waals surface area contributed by atoms with Crippen molar-refractivity contribution >= 4 is 16.3 Å². The first-order valence-corrected chi connectivity index (χ1v) is 32.7. The summed E-state index contributed by atoms with van der Waals surface area (Å²) in [5.74, 6) is -0.261. The first-order valence-electron chi connectivity index (χ1n) is 31.4. The van der Waals surface area contributed by atoms with Crippen molar-refractivity contribution in [2.75, 3.05) is 13.2 Å². The van der Waals surface area contributed by atoms with Crippen LogP contribution >= 0.6 is 0 Å². The van der Waals surface area contributed by atoms with Crippen LogP contribution in [0.25, 0.3) is 0 Å². The van der Waals surface area contributed by atoms with E-state index in [1.807, 2.05) is 6.08 Å². The minimum absolute atomic E-state index is 0.261. The van der Waals surface area contributed by atoms with Crippen molar-refractivity contribution in [3.8, 4) is 0 Å². The smallest absolute Gasteiger partial charge is 0.394 e. The van der Waals surface area contributed by atoms with Gasteiger partial charge >= 0.3 is 10.4 Å². The van der Waals surface area contributed by atoms with Gasteiger partial charge in [0.05, 0.1) is 25.4 Å². The van der Waals surface area contributed by atoms with Crippen molar-refractivity contribution in [2.45, 2.75) is 339 Å². The van der Waals surface area contributed by atoms with Gasteiger partial charge in [-0.15, -0.1) is 0 Å². The Labute approximate surface area is 460 Å². The van der Waals surface area contributed by atoms with Crippen LogP contribution in [0.5, 0.6) is 0 Å². The van der Waals surface area contributed by atoms with E-state index >= 15 is 0 Å². The molecule has 442 valence electrons. The first kappa shape index (κ1) is 71.3. The molecule has 1 amide bonds. The van der Waals surface area contributed by atoms with Crippen LogP contribution in [0, 0.1) is 0 Å². The van der Waals surface area contributed by atoms with E-state index in [1.165, 1.54) is 225 Å². The number of carbonyl (C=O) groups is 1. The molecular formula is C62H117NO11S. The van der Waals surface area contributed by atoms with Crippen molar-refractivity contribution in [2.24, 2.45) is 0 Å². The fourth-order valence-electron chi connectivity index (χ4n) is 10.1. The topological polar surface area (TPSA) is 192 Å². The first-order chi connectivity index (χ1) is 36.5. The van der Waals surface area contributed by atoms with Gasteiger partial charge in [-0.2, -0.15) is 8.42 Å². The maximum absolute atomic E-state index is 13.1. The van der Waals surface area contributed by atoms with E-state index in [0.717, 1.165) is 44.9 Å². The standard InChI is InChI=1S/C62H117NO11S/c1-3-5-7-9-11-13-15-16-17-18-19-20-21-22-23-24-25-26-27-28-29-30-31-32-33-34-35-36-37-38-39-40-42-44-46-48-50-52-58(66)63-55(56(65)51-49-47-45-43-41-14-12-10-8-6-4-2)54-72-62-60(68)61(74-75(69,70)71)59(67)57(53-64)73-62/h23-24,26-27,49,51,55-57,59-62,64-65,67-68H,3-22,25,28-48,50,52-54H2,1-2H3,(H,63,66)(H,69,70,71)/b24-23-,27-26-,51-49+. The molecule has 1 fully saturated rings. The van der Waals surface area contributed by atoms with Gasteiger partial charge in [-0.1, -0.05) is 275 Å². The largest absolute Gasteiger partial charge is 0.397 e. The molecule has 1 aliphatic heterocycles. The summed E-state index contributed by atoms with van der Waals surface area (Å²) in [6.07, 6.45) is 58.1. The van der Waals surface area contributed by atoms with Gasteiger partial charge in [0.15, 0.2) is 6.29 Å². The fraction of sp³-hybridized carbons (Fsp3) is 0.887. The molecule has 7 unspecified atom stereocenters. The normalized spacial score (nSPS) is 19.3. The van der Waals surface area contributed by atoms with Crippen LogP contribution in [-0.2, 0) is 28.9 Å². The maximum Gasteiger partial charge on any atom is 0.397 e. The lowest BCUT2D eigenvalue weighted by atomic mass is 9.99. The Morgan fingerprint density at radius 2 is 0.893 bits per heavy atom. The molecule has 0 bridgehead atoms. The molecule has 0 aromatic carbocycles. The van der Waals surface area contributed by atoms with Crippen LogP contribution in [0.4, 0.5) is 0 Å². The summed E-state index contributed by atoms with van der Waals surface area (Å²) >= 11 is 0. The zero-order valence-electron chi connectivity index (χ0n) is 48.1. The second kappa shape index (κ2) is 51.7. The summed E-state index contributed by atoms with van der Waals surface area (Å²) < 4.78 is 47.7. The van der Waals surface area contributed by atoms with E-state index in [4.69, 9.17) is 9.47 Å². The molecule has 7 atom stereocenters. The molecule has 6 N–H and O–H groups in total. The number of aliphatic hydroxyl groups is 4. The minimum atomic E-state index is -5.09. The van der Waals surface area contributed by atoms with Crippen LogP contribution in [0.2, 0.25) is 0 Å². The summed E-state index contributed by atoms with van der Waals surface area (Å²) in [6, 6.07) is -0.942. The number of hydrogen-bond acceptors (Lipinski definition) is 10. The quantitative estimate of drug-likeness (QED) is 0.0193. The van der Waals surface area contributed by atoms with E-state index in [9.17, 15) is 38.2 Å². The highest BCUT2D eigenvalue weighted by atomic mass is 32.3.